The standard InChI is InChI=1S/C26H31Cl2N3O5/c1-25(2,35)18-11-21(20(28)12-19(18)27)36-26(3,4)24(34)30-15-9-16-6-7-17(10-15)31(16)22-8-5-14(13-29-22)23(32)33/h5,8,11-13,15-17,35H,6-7,9-10H2,1-4H3,(H,30,34)(H,32,33). The zero-order valence-electron chi connectivity index (χ0n) is 20.7. The van der Waals surface area contributed by atoms with Crippen LogP contribution < -0.4 is 15.0 Å². The Morgan fingerprint density at radius 1 is 1.08 bits per heavy atom. The Balaban J connectivity index is 1.43. The number of ether oxygens (including phenoxy) is 1. The van der Waals surface area contributed by atoms with E-state index in [1.165, 1.54) is 12.3 Å². The number of carbonyl (C=O) groups is 2. The number of nitrogens with one attached hydrogen (secondary N) is 1. The van der Waals surface area contributed by atoms with Gasteiger partial charge in [0.05, 0.1) is 16.2 Å². The van der Waals surface area contributed by atoms with Gasteiger partial charge < -0.3 is 25.2 Å². The van der Waals surface area contributed by atoms with E-state index in [-0.39, 0.29) is 40.4 Å². The summed E-state index contributed by atoms with van der Waals surface area (Å²) in [7, 11) is 0. The van der Waals surface area contributed by atoms with Crippen molar-refractivity contribution in [1.82, 2.24) is 10.3 Å². The highest BCUT2D eigenvalue weighted by molar-refractivity contribution is 6.36. The first-order valence-electron chi connectivity index (χ1n) is 12.0. The summed E-state index contributed by atoms with van der Waals surface area (Å²) in [6, 6.07) is 6.79. The van der Waals surface area contributed by atoms with Gasteiger partial charge in [0.15, 0.2) is 5.60 Å². The van der Waals surface area contributed by atoms with Crippen LogP contribution in [0, 0.1) is 0 Å². The second-order valence-corrected chi connectivity index (χ2v) is 11.4. The maximum Gasteiger partial charge on any atom is 0.337 e. The number of carboxylic acids is 1. The third kappa shape index (κ3) is 5.41. The average molecular weight is 536 g/mol. The van der Waals surface area contributed by atoms with Crippen LogP contribution in [0.5, 0.6) is 5.75 Å². The van der Waals surface area contributed by atoms with E-state index in [2.05, 4.69) is 15.2 Å². The van der Waals surface area contributed by atoms with Gasteiger partial charge in [-0.2, -0.15) is 0 Å². The molecule has 1 aromatic heterocycles. The third-order valence-corrected chi connectivity index (χ3v) is 7.53. The van der Waals surface area contributed by atoms with Gasteiger partial charge in [-0.15, -0.1) is 0 Å². The molecule has 3 heterocycles. The number of pyridine rings is 1. The van der Waals surface area contributed by atoms with Crippen molar-refractivity contribution in [2.24, 2.45) is 0 Å². The van der Waals surface area contributed by atoms with Crippen LogP contribution >= 0.6 is 23.2 Å². The van der Waals surface area contributed by atoms with Crippen molar-refractivity contribution in [2.45, 2.75) is 82.7 Å². The number of aromatic carboxylic acids is 1. The maximum atomic E-state index is 13.2. The van der Waals surface area contributed by atoms with Crippen LogP contribution in [0.1, 0.15) is 69.3 Å². The number of benzene rings is 1. The SMILES string of the molecule is CC(C)(Oc1cc(C(C)(C)O)c(Cl)cc1Cl)C(=O)NC1CC2CCC(C1)N2c1ccc(C(=O)O)cn1. The number of carboxylic acid groups (broad SMARTS) is 1. The van der Waals surface area contributed by atoms with Gasteiger partial charge in [-0.1, -0.05) is 23.2 Å². The summed E-state index contributed by atoms with van der Waals surface area (Å²) in [6.07, 6.45) is 4.87. The molecule has 2 aliphatic rings. The lowest BCUT2D eigenvalue weighted by atomic mass is 9.96. The minimum absolute atomic E-state index is 0.0277. The minimum atomic E-state index is -1.22. The van der Waals surface area contributed by atoms with Gasteiger partial charge in [-0.3, -0.25) is 4.79 Å². The number of aliphatic hydroxyl groups is 1. The van der Waals surface area contributed by atoms with Gasteiger partial charge >= 0.3 is 5.97 Å². The smallest absolute Gasteiger partial charge is 0.337 e. The molecule has 2 aromatic rings. The number of carbonyl (C=O) groups excluding carboxylic acids is 1. The molecule has 1 aromatic carbocycles. The van der Waals surface area contributed by atoms with Crippen molar-refractivity contribution in [3.63, 3.8) is 0 Å². The summed E-state index contributed by atoms with van der Waals surface area (Å²) in [5, 5.41) is 23.2. The van der Waals surface area contributed by atoms with Crippen molar-refractivity contribution in [3.8, 4) is 5.75 Å². The molecule has 0 saturated carbocycles. The van der Waals surface area contributed by atoms with E-state index in [0.717, 1.165) is 31.5 Å². The summed E-state index contributed by atoms with van der Waals surface area (Å²) >= 11 is 12.6. The number of anilines is 1. The topological polar surface area (TPSA) is 112 Å². The summed E-state index contributed by atoms with van der Waals surface area (Å²) in [5.41, 5.74) is -1.82. The number of aromatic nitrogens is 1. The predicted octanol–water partition coefficient (Wildman–Crippen LogP) is 4.79. The first-order chi connectivity index (χ1) is 16.8. The van der Waals surface area contributed by atoms with E-state index >= 15 is 0 Å². The number of piperidine rings is 1. The molecular formula is C26H31Cl2N3O5. The summed E-state index contributed by atoms with van der Waals surface area (Å²) < 4.78 is 6.03. The lowest BCUT2D eigenvalue weighted by Gasteiger charge is -2.40. The zero-order chi connectivity index (χ0) is 26.4. The highest BCUT2D eigenvalue weighted by Gasteiger charge is 2.43. The molecule has 2 unspecified atom stereocenters. The largest absolute Gasteiger partial charge is 0.478 e. The Hall–Kier alpha value is -2.55. The monoisotopic (exact) mass is 535 g/mol. The molecule has 3 N–H and O–H groups in total. The molecule has 0 spiro atoms. The molecule has 0 radical (unpaired) electrons. The Bertz CT molecular complexity index is 1150. The molecule has 4 rings (SSSR count). The number of rotatable bonds is 7. The molecule has 36 heavy (non-hydrogen) atoms. The Morgan fingerprint density at radius 2 is 1.72 bits per heavy atom. The van der Waals surface area contributed by atoms with Gasteiger partial charge in [0.1, 0.15) is 11.6 Å². The Morgan fingerprint density at radius 3 is 2.25 bits per heavy atom. The number of amides is 1. The molecule has 2 fully saturated rings. The van der Waals surface area contributed by atoms with Crippen LogP contribution in [0.3, 0.4) is 0 Å². The second kappa shape index (κ2) is 9.72. The zero-order valence-corrected chi connectivity index (χ0v) is 22.2. The molecule has 8 nitrogen and oxygen atoms in total. The number of fused-ring (bicyclic) bond motifs is 2. The quantitative estimate of drug-likeness (QED) is 0.467. The number of nitrogens with zero attached hydrogens (tertiary/aromatic N) is 2. The molecule has 194 valence electrons. The van der Waals surface area contributed by atoms with Crippen molar-refractivity contribution in [3.05, 3.63) is 51.6 Å². The third-order valence-electron chi connectivity index (χ3n) is 6.92. The fraction of sp³-hybridized carbons (Fsp3) is 0.500. The van der Waals surface area contributed by atoms with Crippen LogP contribution in [0.15, 0.2) is 30.5 Å². The fourth-order valence-corrected chi connectivity index (χ4v) is 5.74. The number of hydrogen-bond donors (Lipinski definition) is 3. The molecule has 2 aliphatic heterocycles. The molecule has 1 amide bonds. The van der Waals surface area contributed by atoms with Gasteiger partial charge in [0, 0.05) is 34.9 Å². The Kier molecular flexibility index (Phi) is 7.16. The highest BCUT2D eigenvalue weighted by atomic mass is 35.5. The molecule has 2 saturated heterocycles. The highest BCUT2D eigenvalue weighted by Crippen LogP contribution is 2.40. The molecule has 10 heteroatoms. The maximum absolute atomic E-state index is 13.2. The summed E-state index contributed by atoms with van der Waals surface area (Å²) in [4.78, 5) is 31.0. The van der Waals surface area contributed by atoms with Crippen LogP contribution in [-0.4, -0.2) is 50.8 Å². The van der Waals surface area contributed by atoms with Gasteiger partial charge in [-0.05, 0) is 77.6 Å². The first kappa shape index (κ1) is 26.5. The van der Waals surface area contributed by atoms with E-state index in [1.807, 2.05) is 0 Å². The molecular weight excluding hydrogens is 505 g/mol. The van der Waals surface area contributed by atoms with E-state index < -0.39 is 17.2 Å². The Labute approximate surface area is 220 Å². The normalized spacial score (nSPS) is 21.9. The average Bonchev–Trinajstić information content (AvgIpc) is 3.05. The van der Waals surface area contributed by atoms with Crippen molar-refractivity contribution < 1.29 is 24.5 Å². The van der Waals surface area contributed by atoms with Gasteiger partial charge in [0.2, 0.25) is 0 Å². The van der Waals surface area contributed by atoms with Gasteiger partial charge in [-0.25, -0.2) is 9.78 Å². The number of halogens is 2. The second-order valence-electron chi connectivity index (χ2n) is 10.6. The van der Waals surface area contributed by atoms with Crippen LogP contribution in [-0.2, 0) is 10.4 Å². The fourth-order valence-electron chi connectivity index (χ4n) is 5.09. The van der Waals surface area contributed by atoms with Crippen LogP contribution in [0.25, 0.3) is 0 Å². The lowest BCUT2D eigenvalue weighted by Crippen LogP contribution is -2.55. The summed E-state index contributed by atoms with van der Waals surface area (Å²) in [5.74, 6) is -0.232. The first-order valence-corrected chi connectivity index (χ1v) is 12.7. The predicted molar refractivity (Wildman–Crippen MR) is 138 cm³/mol. The van der Waals surface area contributed by atoms with Crippen molar-refractivity contribution in [2.75, 3.05) is 4.90 Å². The van der Waals surface area contributed by atoms with E-state index in [4.69, 9.17) is 33.0 Å². The molecule has 2 atom stereocenters. The lowest BCUT2D eigenvalue weighted by molar-refractivity contribution is -0.135. The van der Waals surface area contributed by atoms with E-state index in [9.17, 15) is 14.7 Å². The van der Waals surface area contributed by atoms with Crippen molar-refractivity contribution in [1.29, 1.82) is 0 Å². The van der Waals surface area contributed by atoms with E-state index in [0.29, 0.717) is 10.6 Å². The number of hydrogen-bond acceptors (Lipinski definition) is 6. The van der Waals surface area contributed by atoms with Crippen molar-refractivity contribution >= 4 is 40.9 Å². The van der Waals surface area contributed by atoms with Gasteiger partial charge in [0.25, 0.3) is 5.91 Å². The summed E-state index contributed by atoms with van der Waals surface area (Å²) in [6.45, 7) is 6.57. The van der Waals surface area contributed by atoms with Crippen LogP contribution in [0.4, 0.5) is 5.82 Å². The molecule has 0 aliphatic carbocycles. The molecule has 2 bridgehead atoms. The van der Waals surface area contributed by atoms with Crippen LogP contribution in [0.2, 0.25) is 10.0 Å². The van der Waals surface area contributed by atoms with E-state index in [1.54, 1.807) is 45.9 Å². The minimum Gasteiger partial charge on any atom is -0.478 e.